The molecule has 1 aliphatic carbocycles. The van der Waals surface area contributed by atoms with Gasteiger partial charge >= 0.3 is 0 Å². The van der Waals surface area contributed by atoms with Gasteiger partial charge < -0.3 is 4.90 Å². The Bertz CT molecular complexity index is 234. The Hall–Kier alpha value is -0.570. The summed E-state index contributed by atoms with van der Waals surface area (Å²) in [6, 6.07) is 0.544. The molecule has 0 aromatic carbocycles. The van der Waals surface area contributed by atoms with Crippen molar-refractivity contribution in [3.63, 3.8) is 0 Å². The molecule has 0 spiro atoms. The molecule has 0 N–H and O–H groups in total. The third kappa shape index (κ3) is 2.51. The molecule has 15 heavy (non-hydrogen) atoms. The summed E-state index contributed by atoms with van der Waals surface area (Å²) in [6.07, 6.45) is 5.03. The number of nitrogens with zero attached hydrogens (tertiary/aromatic N) is 2. The van der Waals surface area contributed by atoms with Crippen LogP contribution in [0, 0.1) is 5.92 Å². The third-order valence-corrected chi connectivity index (χ3v) is 3.87. The number of likely N-dealkylation sites (N-methyl/N-ethyl adjacent to an activating group) is 1. The van der Waals surface area contributed by atoms with Gasteiger partial charge in [0.15, 0.2) is 0 Å². The van der Waals surface area contributed by atoms with E-state index < -0.39 is 0 Å². The maximum atomic E-state index is 11.9. The highest BCUT2D eigenvalue weighted by molar-refractivity contribution is 5.79. The number of amides is 1. The topological polar surface area (TPSA) is 23.6 Å². The van der Waals surface area contributed by atoms with E-state index in [2.05, 4.69) is 16.7 Å². The van der Waals surface area contributed by atoms with Crippen molar-refractivity contribution in [2.75, 3.05) is 26.7 Å². The van der Waals surface area contributed by atoms with Crippen molar-refractivity contribution in [1.29, 1.82) is 0 Å². The molecular formula is C12H22N2O. The van der Waals surface area contributed by atoms with E-state index in [-0.39, 0.29) is 0 Å². The van der Waals surface area contributed by atoms with E-state index in [9.17, 15) is 4.79 Å². The largest absolute Gasteiger partial charge is 0.337 e. The summed E-state index contributed by atoms with van der Waals surface area (Å²) in [4.78, 5) is 16.1. The first kappa shape index (κ1) is 10.9. The van der Waals surface area contributed by atoms with E-state index in [1.165, 1.54) is 25.7 Å². The molecule has 0 atom stereocenters. The first-order valence-electron chi connectivity index (χ1n) is 6.15. The summed E-state index contributed by atoms with van der Waals surface area (Å²) in [7, 11) is 2.03. The summed E-state index contributed by atoms with van der Waals surface area (Å²) in [5.74, 6) is 1.20. The van der Waals surface area contributed by atoms with Crippen LogP contribution in [0.2, 0.25) is 0 Å². The fourth-order valence-electron chi connectivity index (χ4n) is 2.74. The second kappa shape index (κ2) is 4.52. The molecule has 2 aliphatic rings. The summed E-state index contributed by atoms with van der Waals surface area (Å²) >= 11 is 0. The van der Waals surface area contributed by atoms with Gasteiger partial charge in [-0.05, 0) is 38.6 Å². The lowest BCUT2D eigenvalue weighted by atomic mass is 9.86. The summed E-state index contributed by atoms with van der Waals surface area (Å²) in [5, 5.41) is 0. The van der Waals surface area contributed by atoms with Crippen LogP contribution in [-0.4, -0.2) is 48.4 Å². The minimum Gasteiger partial charge on any atom is -0.337 e. The normalized spacial score (nSPS) is 34.5. The van der Waals surface area contributed by atoms with Gasteiger partial charge in [-0.25, -0.2) is 0 Å². The lowest BCUT2D eigenvalue weighted by molar-refractivity contribution is -0.138. The molecule has 0 unspecified atom stereocenters. The van der Waals surface area contributed by atoms with Gasteiger partial charge in [-0.3, -0.25) is 9.69 Å². The van der Waals surface area contributed by atoms with E-state index in [4.69, 9.17) is 0 Å². The molecule has 2 fully saturated rings. The van der Waals surface area contributed by atoms with E-state index >= 15 is 0 Å². The monoisotopic (exact) mass is 210 g/mol. The zero-order valence-corrected chi connectivity index (χ0v) is 9.91. The first-order chi connectivity index (χ1) is 7.16. The Balaban J connectivity index is 1.90. The molecule has 0 aromatic rings. The Labute approximate surface area is 92.4 Å². The maximum absolute atomic E-state index is 11.9. The van der Waals surface area contributed by atoms with Gasteiger partial charge in [0.25, 0.3) is 0 Å². The fourth-order valence-corrected chi connectivity index (χ4v) is 2.74. The molecule has 1 heterocycles. The quantitative estimate of drug-likeness (QED) is 0.652. The summed E-state index contributed by atoms with van der Waals surface area (Å²) in [5.41, 5.74) is 0. The van der Waals surface area contributed by atoms with Gasteiger partial charge in [-0.15, -0.1) is 0 Å². The highest BCUT2D eigenvalue weighted by atomic mass is 16.2. The highest BCUT2D eigenvalue weighted by Gasteiger charge is 2.30. The molecule has 1 aliphatic heterocycles. The lowest BCUT2D eigenvalue weighted by Crippen LogP contribution is -2.53. The van der Waals surface area contributed by atoms with Gasteiger partial charge in [0, 0.05) is 19.1 Å². The number of hydrogen-bond acceptors (Lipinski definition) is 2. The van der Waals surface area contributed by atoms with E-state index in [0.29, 0.717) is 18.5 Å². The van der Waals surface area contributed by atoms with Crippen molar-refractivity contribution in [1.82, 2.24) is 9.80 Å². The number of carbonyl (C=O) groups excluding carboxylic acids is 1. The predicted octanol–water partition coefficient (Wildman–Crippen LogP) is 1.34. The van der Waals surface area contributed by atoms with Crippen LogP contribution >= 0.6 is 0 Å². The van der Waals surface area contributed by atoms with Gasteiger partial charge in [0.1, 0.15) is 0 Å². The first-order valence-corrected chi connectivity index (χ1v) is 6.15. The average Bonchev–Trinajstić information content (AvgIpc) is 2.20. The van der Waals surface area contributed by atoms with Crippen LogP contribution in [-0.2, 0) is 4.79 Å². The minimum absolute atomic E-state index is 0.336. The summed E-state index contributed by atoms with van der Waals surface area (Å²) < 4.78 is 0. The van der Waals surface area contributed by atoms with Gasteiger partial charge in [0.2, 0.25) is 5.91 Å². The van der Waals surface area contributed by atoms with Crippen LogP contribution in [0.3, 0.4) is 0 Å². The number of piperazine rings is 1. The molecule has 1 saturated carbocycles. The number of rotatable bonds is 1. The van der Waals surface area contributed by atoms with Gasteiger partial charge in [-0.2, -0.15) is 0 Å². The van der Waals surface area contributed by atoms with Crippen molar-refractivity contribution < 1.29 is 4.79 Å². The van der Waals surface area contributed by atoms with Crippen molar-refractivity contribution in [3.05, 3.63) is 0 Å². The van der Waals surface area contributed by atoms with Crippen LogP contribution in [0.15, 0.2) is 0 Å². The summed E-state index contributed by atoms with van der Waals surface area (Å²) in [6.45, 7) is 4.92. The fraction of sp³-hybridized carbons (Fsp3) is 0.917. The Morgan fingerprint density at radius 1 is 1.13 bits per heavy atom. The second-order valence-electron chi connectivity index (χ2n) is 5.24. The highest BCUT2D eigenvalue weighted by Crippen LogP contribution is 2.27. The third-order valence-electron chi connectivity index (χ3n) is 3.87. The Morgan fingerprint density at radius 3 is 2.40 bits per heavy atom. The van der Waals surface area contributed by atoms with Crippen molar-refractivity contribution in [2.24, 2.45) is 5.92 Å². The molecule has 3 nitrogen and oxygen atoms in total. The van der Waals surface area contributed by atoms with E-state index in [1.54, 1.807) is 0 Å². The molecule has 3 heteroatoms. The Morgan fingerprint density at radius 2 is 1.80 bits per heavy atom. The van der Waals surface area contributed by atoms with Crippen molar-refractivity contribution >= 4 is 5.91 Å². The average molecular weight is 210 g/mol. The molecule has 86 valence electrons. The van der Waals surface area contributed by atoms with Gasteiger partial charge in [-0.1, -0.05) is 6.92 Å². The number of carbonyl (C=O) groups is 1. The number of hydrogen-bond donors (Lipinski definition) is 0. The van der Waals surface area contributed by atoms with Crippen LogP contribution in [0.1, 0.15) is 32.6 Å². The molecule has 2 rings (SSSR count). The predicted molar refractivity (Wildman–Crippen MR) is 60.6 cm³/mol. The van der Waals surface area contributed by atoms with E-state index in [0.717, 1.165) is 19.0 Å². The molecule has 0 bridgehead atoms. The second-order valence-corrected chi connectivity index (χ2v) is 5.24. The maximum Gasteiger partial charge on any atom is 0.237 e. The zero-order chi connectivity index (χ0) is 10.8. The van der Waals surface area contributed by atoms with Gasteiger partial charge in [0.05, 0.1) is 6.54 Å². The van der Waals surface area contributed by atoms with E-state index in [1.807, 2.05) is 7.05 Å². The zero-order valence-electron chi connectivity index (χ0n) is 9.91. The van der Waals surface area contributed by atoms with Crippen molar-refractivity contribution in [2.45, 2.75) is 38.6 Å². The standard InChI is InChI=1S/C12H22N2O/c1-10-3-5-11(6-4-10)14-8-7-13(2)9-12(14)15/h10-11H,3-9H2,1-2H3. The van der Waals surface area contributed by atoms with Crippen LogP contribution in [0.4, 0.5) is 0 Å². The minimum atomic E-state index is 0.336. The molecule has 1 amide bonds. The van der Waals surface area contributed by atoms with Crippen LogP contribution in [0.5, 0.6) is 0 Å². The molecule has 0 aromatic heterocycles. The van der Waals surface area contributed by atoms with Crippen LogP contribution in [0.25, 0.3) is 0 Å². The lowest BCUT2D eigenvalue weighted by Gasteiger charge is -2.40. The molecular weight excluding hydrogens is 188 g/mol. The smallest absolute Gasteiger partial charge is 0.237 e. The van der Waals surface area contributed by atoms with Crippen LogP contribution < -0.4 is 0 Å². The molecule has 0 radical (unpaired) electrons. The molecule has 1 saturated heterocycles. The SMILES string of the molecule is CC1CCC(N2CCN(C)CC2=O)CC1. The van der Waals surface area contributed by atoms with Crippen molar-refractivity contribution in [3.8, 4) is 0 Å². The Kier molecular flexibility index (Phi) is 3.29.